The third kappa shape index (κ3) is 3.57. The standard InChI is InChI=1S/C21H21N3O5S/c1-12(2)20(21(25)26)23-30(27,28)15-5-6-16-17-8-13(14-10-22-24(3)11-14)4-7-18(17)29-19(16)9-15/h4-12,20,23H,1-3H3,(H,25,26)/t20-/m0/s1. The van der Waals surface area contributed by atoms with Crippen LogP contribution in [0.15, 0.2) is 58.1 Å². The molecule has 0 fully saturated rings. The molecule has 2 heterocycles. The zero-order chi connectivity index (χ0) is 21.6. The summed E-state index contributed by atoms with van der Waals surface area (Å²) in [6.07, 6.45) is 3.68. The van der Waals surface area contributed by atoms with E-state index in [9.17, 15) is 18.3 Å². The summed E-state index contributed by atoms with van der Waals surface area (Å²) in [5.41, 5.74) is 2.97. The molecule has 0 radical (unpaired) electrons. The highest BCUT2D eigenvalue weighted by Gasteiger charge is 2.28. The number of aromatic nitrogens is 2. The van der Waals surface area contributed by atoms with Gasteiger partial charge in [-0.25, -0.2) is 8.42 Å². The molecule has 0 aliphatic heterocycles. The van der Waals surface area contributed by atoms with Crippen molar-refractivity contribution in [1.29, 1.82) is 0 Å². The molecule has 0 amide bonds. The SMILES string of the molecule is CC(C)[C@H](NS(=O)(=O)c1ccc2c(c1)oc1ccc(-c3cnn(C)c3)cc12)C(=O)O. The van der Waals surface area contributed by atoms with Crippen LogP contribution in [0.4, 0.5) is 0 Å². The monoisotopic (exact) mass is 427 g/mol. The summed E-state index contributed by atoms with van der Waals surface area (Å²) in [6.45, 7) is 3.28. The van der Waals surface area contributed by atoms with Gasteiger partial charge in [-0.1, -0.05) is 19.9 Å². The van der Waals surface area contributed by atoms with E-state index < -0.39 is 28.0 Å². The van der Waals surface area contributed by atoms with E-state index in [-0.39, 0.29) is 4.90 Å². The summed E-state index contributed by atoms with van der Waals surface area (Å²) in [5.74, 6) is -1.63. The Labute approximate surface area is 173 Å². The first-order valence-electron chi connectivity index (χ1n) is 9.36. The Morgan fingerprint density at radius 3 is 2.50 bits per heavy atom. The fraction of sp³-hybridized carbons (Fsp3) is 0.238. The minimum absolute atomic E-state index is 0.0477. The first kappa shape index (κ1) is 20.1. The maximum Gasteiger partial charge on any atom is 0.322 e. The average molecular weight is 427 g/mol. The molecule has 4 rings (SSSR count). The van der Waals surface area contributed by atoms with Gasteiger partial charge in [-0.2, -0.15) is 9.82 Å². The predicted octanol–water partition coefficient (Wildman–Crippen LogP) is 3.37. The van der Waals surface area contributed by atoms with Gasteiger partial charge >= 0.3 is 5.97 Å². The number of hydrogen-bond acceptors (Lipinski definition) is 5. The summed E-state index contributed by atoms with van der Waals surface area (Å²) in [4.78, 5) is 11.3. The maximum absolute atomic E-state index is 12.7. The lowest BCUT2D eigenvalue weighted by molar-refractivity contribution is -0.140. The fourth-order valence-electron chi connectivity index (χ4n) is 3.38. The lowest BCUT2D eigenvalue weighted by Gasteiger charge is -2.17. The quantitative estimate of drug-likeness (QED) is 0.488. The van der Waals surface area contributed by atoms with Crippen LogP contribution >= 0.6 is 0 Å². The van der Waals surface area contributed by atoms with Crippen LogP contribution in [0.1, 0.15) is 13.8 Å². The molecular weight excluding hydrogens is 406 g/mol. The van der Waals surface area contributed by atoms with Crippen molar-refractivity contribution in [2.45, 2.75) is 24.8 Å². The zero-order valence-electron chi connectivity index (χ0n) is 16.7. The fourth-order valence-corrected chi connectivity index (χ4v) is 4.73. The van der Waals surface area contributed by atoms with Crippen LogP contribution in [0, 0.1) is 5.92 Å². The number of aliphatic carboxylic acids is 1. The van der Waals surface area contributed by atoms with E-state index in [4.69, 9.17) is 4.42 Å². The average Bonchev–Trinajstić information content (AvgIpc) is 3.28. The first-order valence-corrected chi connectivity index (χ1v) is 10.8. The minimum atomic E-state index is -4.03. The number of nitrogens with zero attached hydrogens (tertiary/aromatic N) is 2. The first-order chi connectivity index (χ1) is 14.2. The molecule has 0 aliphatic rings. The largest absolute Gasteiger partial charge is 0.480 e. The summed E-state index contributed by atoms with van der Waals surface area (Å²) in [6, 6.07) is 9.06. The van der Waals surface area contributed by atoms with Crippen LogP contribution in [-0.2, 0) is 21.9 Å². The number of fused-ring (bicyclic) bond motifs is 3. The molecule has 2 aromatic heterocycles. The summed E-state index contributed by atoms with van der Waals surface area (Å²) in [5, 5.41) is 15.1. The van der Waals surface area contributed by atoms with Crippen LogP contribution in [0.2, 0.25) is 0 Å². The predicted molar refractivity (Wildman–Crippen MR) is 113 cm³/mol. The number of nitrogens with one attached hydrogen (secondary N) is 1. The van der Waals surface area contributed by atoms with Gasteiger partial charge in [-0.3, -0.25) is 9.48 Å². The molecule has 8 nitrogen and oxygen atoms in total. The van der Waals surface area contributed by atoms with E-state index in [0.717, 1.165) is 21.9 Å². The van der Waals surface area contributed by atoms with E-state index in [2.05, 4.69) is 9.82 Å². The number of benzene rings is 2. The van der Waals surface area contributed by atoms with Gasteiger partial charge in [0.2, 0.25) is 10.0 Å². The molecule has 0 saturated heterocycles. The van der Waals surface area contributed by atoms with Gasteiger partial charge in [0.25, 0.3) is 0 Å². The van der Waals surface area contributed by atoms with Crippen molar-refractivity contribution in [3.8, 4) is 11.1 Å². The van der Waals surface area contributed by atoms with Crippen LogP contribution in [-0.4, -0.2) is 35.3 Å². The lowest BCUT2D eigenvalue weighted by Crippen LogP contribution is -2.44. The van der Waals surface area contributed by atoms with Gasteiger partial charge in [-0.15, -0.1) is 0 Å². The Morgan fingerprint density at radius 2 is 1.87 bits per heavy atom. The zero-order valence-corrected chi connectivity index (χ0v) is 17.5. The summed E-state index contributed by atoms with van der Waals surface area (Å²) >= 11 is 0. The number of carbonyl (C=O) groups is 1. The van der Waals surface area contributed by atoms with Crippen molar-refractivity contribution in [2.24, 2.45) is 13.0 Å². The second-order valence-electron chi connectivity index (χ2n) is 7.55. The summed E-state index contributed by atoms with van der Waals surface area (Å²) < 4.78 is 35.3. The number of hydrogen-bond donors (Lipinski definition) is 2. The van der Waals surface area contributed by atoms with Gasteiger partial charge in [0.05, 0.1) is 11.1 Å². The molecule has 9 heteroatoms. The van der Waals surface area contributed by atoms with Gasteiger partial charge in [0, 0.05) is 35.6 Å². The smallest absolute Gasteiger partial charge is 0.322 e. The van der Waals surface area contributed by atoms with E-state index in [1.807, 2.05) is 31.4 Å². The number of carboxylic acids is 1. The highest BCUT2D eigenvalue weighted by atomic mass is 32.2. The van der Waals surface area contributed by atoms with E-state index in [1.165, 1.54) is 12.1 Å². The lowest BCUT2D eigenvalue weighted by atomic mass is 10.1. The Hall–Kier alpha value is -3.17. The van der Waals surface area contributed by atoms with Crippen LogP contribution in [0.5, 0.6) is 0 Å². The molecule has 0 saturated carbocycles. The highest BCUT2D eigenvalue weighted by molar-refractivity contribution is 7.89. The number of furan rings is 1. The van der Waals surface area contributed by atoms with Crippen LogP contribution in [0.25, 0.3) is 33.1 Å². The van der Waals surface area contributed by atoms with Crippen molar-refractivity contribution in [1.82, 2.24) is 14.5 Å². The molecule has 0 aliphatic carbocycles. The van der Waals surface area contributed by atoms with Crippen molar-refractivity contribution in [3.05, 3.63) is 48.8 Å². The van der Waals surface area contributed by atoms with E-state index in [0.29, 0.717) is 11.2 Å². The topological polar surface area (TPSA) is 114 Å². The van der Waals surface area contributed by atoms with Gasteiger partial charge in [0.15, 0.2) is 0 Å². The molecule has 156 valence electrons. The van der Waals surface area contributed by atoms with Crippen LogP contribution in [0.3, 0.4) is 0 Å². The van der Waals surface area contributed by atoms with Crippen molar-refractivity contribution in [3.63, 3.8) is 0 Å². The van der Waals surface area contributed by atoms with Crippen molar-refractivity contribution < 1.29 is 22.7 Å². The van der Waals surface area contributed by atoms with E-state index >= 15 is 0 Å². The Morgan fingerprint density at radius 1 is 1.10 bits per heavy atom. The van der Waals surface area contributed by atoms with Gasteiger partial charge < -0.3 is 9.52 Å². The van der Waals surface area contributed by atoms with E-state index in [1.54, 1.807) is 30.8 Å². The van der Waals surface area contributed by atoms with Gasteiger partial charge in [0.1, 0.15) is 17.2 Å². The molecule has 4 aromatic rings. The third-order valence-electron chi connectivity index (χ3n) is 5.01. The number of rotatable bonds is 6. The third-order valence-corrected chi connectivity index (χ3v) is 6.44. The molecule has 2 N–H and O–H groups in total. The Bertz CT molecular complexity index is 1370. The molecule has 0 spiro atoms. The van der Waals surface area contributed by atoms with Crippen molar-refractivity contribution in [2.75, 3.05) is 0 Å². The second-order valence-corrected chi connectivity index (χ2v) is 9.27. The Balaban J connectivity index is 1.76. The normalized spacial score (nSPS) is 13.3. The highest BCUT2D eigenvalue weighted by Crippen LogP contribution is 2.33. The molecule has 30 heavy (non-hydrogen) atoms. The minimum Gasteiger partial charge on any atom is -0.480 e. The number of carboxylic acid groups (broad SMARTS) is 1. The second kappa shape index (κ2) is 7.26. The molecule has 1 atom stereocenters. The molecular formula is C21H21N3O5S. The Kier molecular flexibility index (Phi) is 4.87. The van der Waals surface area contributed by atoms with Crippen molar-refractivity contribution >= 4 is 37.9 Å². The maximum atomic E-state index is 12.7. The molecule has 2 aromatic carbocycles. The van der Waals surface area contributed by atoms with Gasteiger partial charge in [-0.05, 0) is 35.7 Å². The summed E-state index contributed by atoms with van der Waals surface area (Å²) in [7, 11) is -2.18. The number of sulfonamides is 1. The van der Waals surface area contributed by atoms with Crippen LogP contribution < -0.4 is 4.72 Å². The molecule has 0 unspecified atom stereocenters. The molecule has 0 bridgehead atoms. The number of aryl methyl sites for hydroxylation is 1.